The second-order valence-corrected chi connectivity index (χ2v) is 6.69. The predicted octanol–water partition coefficient (Wildman–Crippen LogP) is 4.45. The summed E-state index contributed by atoms with van der Waals surface area (Å²) in [5.74, 6) is 1.21. The van der Waals surface area contributed by atoms with E-state index in [4.69, 9.17) is 8.83 Å². The van der Waals surface area contributed by atoms with Gasteiger partial charge in [0.05, 0.1) is 12.3 Å². The van der Waals surface area contributed by atoms with Crippen LogP contribution in [0.15, 0.2) is 57.6 Å². The molecule has 1 N–H and O–H groups in total. The van der Waals surface area contributed by atoms with Crippen LogP contribution in [0.4, 0.5) is 5.88 Å². The van der Waals surface area contributed by atoms with E-state index in [9.17, 15) is 5.26 Å². The number of likely N-dealkylation sites (tertiary alicyclic amines) is 1. The van der Waals surface area contributed by atoms with E-state index < -0.39 is 0 Å². The van der Waals surface area contributed by atoms with Crippen molar-refractivity contribution < 1.29 is 8.83 Å². The summed E-state index contributed by atoms with van der Waals surface area (Å²) in [6, 6.07) is 16.3. The number of aromatic nitrogens is 1. The molecule has 27 heavy (non-hydrogen) atoms. The predicted molar refractivity (Wildman–Crippen MR) is 102 cm³/mol. The Morgan fingerprint density at radius 2 is 1.93 bits per heavy atom. The first-order chi connectivity index (χ1) is 13.3. The molecule has 6 nitrogen and oxygen atoms in total. The molecular weight excluding hydrogens is 340 g/mol. The molecule has 0 spiro atoms. The molecule has 0 radical (unpaired) electrons. The molecule has 3 aromatic rings. The molecule has 0 saturated carbocycles. The Hall–Kier alpha value is -3.04. The summed E-state index contributed by atoms with van der Waals surface area (Å²) in [5.41, 5.74) is 1.50. The van der Waals surface area contributed by atoms with Crippen LogP contribution in [0.1, 0.15) is 36.6 Å². The fourth-order valence-electron chi connectivity index (χ4n) is 3.57. The molecular formula is C21H22N4O2. The zero-order valence-corrected chi connectivity index (χ0v) is 15.1. The fourth-order valence-corrected chi connectivity index (χ4v) is 3.57. The van der Waals surface area contributed by atoms with Gasteiger partial charge >= 0.3 is 0 Å². The Labute approximate surface area is 158 Å². The van der Waals surface area contributed by atoms with Crippen LogP contribution in [0.5, 0.6) is 0 Å². The van der Waals surface area contributed by atoms with Gasteiger partial charge in [0.25, 0.3) is 5.89 Å². The molecule has 1 aliphatic heterocycles. The van der Waals surface area contributed by atoms with Crippen LogP contribution in [0, 0.1) is 11.3 Å². The lowest BCUT2D eigenvalue weighted by atomic mass is 10.0. The number of anilines is 1. The smallest absolute Gasteiger partial charge is 0.266 e. The average Bonchev–Trinajstić information content (AvgIpc) is 3.39. The molecule has 0 aliphatic carbocycles. The standard InChI is InChI=1S/C21H22N4O2/c22-14-17-20(27-21(24-17)19-10-7-13-26-19)23-15-18(16-8-3-1-4-9-16)25-11-5-2-6-12-25/h1,3-4,7-10,13,18,23H,2,5-6,11-12,15H2. The Kier molecular flexibility index (Phi) is 5.22. The van der Waals surface area contributed by atoms with Crippen molar-refractivity contribution in [3.05, 3.63) is 60.0 Å². The van der Waals surface area contributed by atoms with Crippen molar-refractivity contribution in [1.82, 2.24) is 9.88 Å². The molecule has 1 fully saturated rings. The van der Waals surface area contributed by atoms with Gasteiger partial charge in [-0.3, -0.25) is 4.90 Å². The lowest BCUT2D eigenvalue weighted by Gasteiger charge is -2.35. The van der Waals surface area contributed by atoms with Crippen LogP contribution < -0.4 is 5.32 Å². The van der Waals surface area contributed by atoms with Crippen molar-refractivity contribution in [3.63, 3.8) is 0 Å². The first-order valence-corrected chi connectivity index (χ1v) is 9.33. The zero-order chi connectivity index (χ0) is 18.5. The van der Waals surface area contributed by atoms with Crippen LogP contribution in [0.2, 0.25) is 0 Å². The van der Waals surface area contributed by atoms with Gasteiger partial charge in [0.1, 0.15) is 6.07 Å². The van der Waals surface area contributed by atoms with Gasteiger partial charge in [-0.1, -0.05) is 36.8 Å². The lowest BCUT2D eigenvalue weighted by Crippen LogP contribution is -2.37. The van der Waals surface area contributed by atoms with Gasteiger partial charge in [0, 0.05) is 6.54 Å². The minimum absolute atomic E-state index is 0.218. The molecule has 2 aromatic heterocycles. The van der Waals surface area contributed by atoms with E-state index in [0.29, 0.717) is 24.1 Å². The number of nitrogens with one attached hydrogen (secondary N) is 1. The molecule has 6 heteroatoms. The quantitative estimate of drug-likeness (QED) is 0.698. The van der Waals surface area contributed by atoms with Gasteiger partial charge in [0.2, 0.25) is 11.6 Å². The van der Waals surface area contributed by atoms with Crippen LogP contribution in [0.3, 0.4) is 0 Å². The normalized spacial score (nSPS) is 16.0. The van der Waals surface area contributed by atoms with E-state index in [0.717, 1.165) is 13.1 Å². The van der Waals surface area contributed by atoms with Gasteiger partial charge < -0.3 is 14.2 Å². The number of oxazole rings is 1. The largest absolute Gasteiger partial charge is 0.459 e. The minimum atomic E-state index is 0.218. The number of nitrogens with zero attached hydrogens (tertiary/aromatic N) is 3. The maximum Gasteiger partial charge on any atom is 0.266 e. The first-order valence-electron chi connectivity index (χ1n) is 9.33. The van der Waals surface area contributed by atoms with Crippen molar-refractivity contribution in [2.24, 2.45) is 0 Å². The number of nitriles is 1. The van der Waals surface area contributed by atoms with E-state index in [1.54, 1.807) is 18.4 Å². The summed E-state index contributed by atoms with van der Waals surface area (Å²) >= 11 is 0. The van der Waals surface area contributed by atoms with Crippen molar-refractivity contribution in [2.75, 3.05) is 25.0 Å². The summed E-state index contributed by atoms with van der Waals surface area (Å²) < 4.78 is 11.1. The van der Waals surface area contributed by atoms with Crippen LogP contribution in [0.25, 0.3) is 11.7 Å². The third-order valence-electron chi connectivity index (χ3n) is 4.94. The zero-order valence-electron chi connectivity index (χ0n) is 15.1. The van der Waals surface area contributed by atoms with Crippen molar-refractivity contribution in [1.29, 1.82) is 5.26 Å². The maximum atomic E-state index is 9.41. The minimum Gasteiger partial charge on any atom is -0.459 e. The third-order valence-corrected chi connectivity index (χ3v) is 4.94. The highest BCUT2D eigenvalue weighted by atomic mass is 16.4. The van der Waals surface area contributed by atoms with Crippen LogP contribution >= 0.6 is 0 Å². The molecule has 1 unspecified atom stereocenters. The molecule has 138 valence electrons. The number of rotatable bonds is 6. The molecule has 0 amide bonds. The van der Waals surface area contributed by atoms with Gasteiger partial charge in [-0.25, -0.2) is 0 Å². The van der Waals surface area contributed by atoms with Crippen molar-refractivity contribution in [2.45, 2.75) is 25.3 Å². The highest BCUT2D eigenvalue weighted by Gasteiger charge is 2.24. The molecule has 1 aliphatic rings. The van der Waals surface area contributed by atoms with E-state index in [1.807, 2.05) is 6.07 Å². The number of benzene rings is 1. The second-order valence-electron chi connectivity index (χ2n) is 6.69. The average molecular weight is 362 g/mol. The third kappa shape index (κ3) is 3.88. The first kappa shape index (κ1) is 17.4. The monoisotopic (exact) mass is 362 g/mol. The molecule has 1 aromatic carbocycles. The van der Waals surface area contributed by atoms with Gasteiger partial charge in [-0.2, -0.15) is 10.2 Å². The number of furan rings is 1. The molecule has 0 bridgehead atoms. The SMILES string of the molecule is N#Cc1nc(-c2ccco2)oc1NCC(c1ccccc1)N1CCCCC1. The maximum absolute atomic E-state index is 9.41. The van der Waals surface area contributed by atoms with E-state index in [1.165, 1.54) is 24.8 Å². The summed E-state index contributed by atoms with van der Waals surface area (Å²) in [4.78, 5) is 6.74. The van der Waals surface area contributed by atoms with E-state index >= 15 is 0 Å². The molecule has 1 atom stereocenters. The lowest BCUT2D eigenvalue weighted by molar-refractivity contribution is 0.170. The summed E-state index contributed by atoms with van der Waals surface area (Å²) in [5, 5.41) is 12.7. The van der Waals surface area contributed by atoms with Gasteiger partial charge in [-0.05, 0) is 43.6 Å². The summed E-state index contributed by atoms with van der Waals surface area (Å²) in [7, 11) is 0. The van der Waals surface area contributed by atoms with E-state index in [-0.39, 0.29) is 11.7 Å². The Bertz CT molecular complexity index is 890. The highest BCUT2D eigenvalue weighted by molar-refractivity contribution is 5.54. The Morgan fingerprint density at radius 3 is 2.63 bits per heavy atom. The Balaban J connectivity index is 1.55. The van der Waals surface area contributed by atoms with Crippen LogP contribution in [-0.2, 0) is 0 Å². The second kappa shape index (κ2) is 8.11. The fraction of sp³-hybridized carbons (Fsp3) is 0.333. The molecule has 3 heterocycles. The van der Waals surface area contributed by atoms with E-state index in [2.05, 4.69) is 45.5 Å². The summed E-state index contributed by atoms with van der Waals surface area (Å²) in [6.07, 6.45) is 5.29. The van der Waals surface area contributed by atoms with Gasteiger partial charge in [0.15, 0.2) is 5.76 Å². The van der Waals surface area contributed by atoms with Crippen molar-refractivity contribution in [3.8, 4) is 17.7 Å². The topological polar surface area (TPSA) is 78.2 Å². The number of hydrogen-bond acceptors (Lipinski definition) is 6. The number of hydrogen-bond donors (Lipinski definition) is 1. The molecule has 1 saturated heterocycles. The number of piperidine rings is 1. The summed E-state index contributed by atoms with van der Waals surface area (Å²) in [6.45, 7) is 2.81. The van der Waals surface area contributed by atoms with Gasteiger partial charge in [-0.15, -0.1) is 0 Å². The molecule has 4 rings (SSSR count). The van der Waals surface area contributed by atoms with Crippen molar-refractivity contribution >= 4 is 5.88 Å². The highest BCUT2D eigenvalue weighted by Crippen LogP contribution is 2.28. The van der Waals surface area contributed by atoms with Crippen LogP contribution in [-0.4, -0.2) is 29.5 Å². The Morgan fingerprint density at radius 1 is 1.11 bits per heavy atom.